The number of aliphatic carboxylic acids is 1. The number of hydrogen-bond acceptors (Lipinski definition) is 3. The number of carbonyl (C=O) groups excluding carboxylic acids is 1. The molecule has 2 amide bonds. The first-order valence-corrected chi connectivity index (χ1v) is 13.2. The van der Waals surface area contributed by atoms with Gasteiger partial charge in [0.2, 0.25) is 0 Å². The van der Waals surface area contributed by atoms with E-state index in [1.165, 1.54) is 6.07 Å². The number of carboxylic acids is 1. The van der Waals surface area contributed by atoms with Crippen molar-refractivity contribution in [3.05, 3.63) is 78.1 Å². The number of amides is 2. The molecule has 3 N–H and O–H groups in total. The Balaban J connectivity index is 1.60. The van der Waals surface area contributed by atoms with Gasteiger partial charge in [0.15, 0.2) is 0 Å². The summed E-state index contributed by atoms with van der Waals surface area (Å²) in [4.78, 5) is 26.9. The van der Waals surface area contributed by atoms with Crippen molar-refractivity contribution in [3.8, 4) is 11.1 Å². The predicted octanol–water partition coefficient (Wildman–Crippen LogP) is 7.44. The Morgan fingerprint density at radius 3 is 2.29 bits per heavy atom. The monoisotopic (exact) mass is 517 g/mol. The average Bonchev–Trinajstić information content (AvgIpc) is 3.65. The lowest BCUT2D eigenvalue weighted by atomic mass is 10.0. The highest BCUT2D eigenvalue weighted by Gasteiger charge is 2.44. The normalized spacial score (nSPS) is 16.4. The molecule has 200 valence electrons. The highest BCUT2D eigenvalue weighted by atomic mass is 19.1. The molecule has 0 heterocycles. The highest BCUT2D eigenvalue weighted by molar-refractivity contribution is 6.02. The van der Waals surface area contributed by atoms with Crippen LogP contribution in [-0.2, 0) is 4.79 Å². The molecule has 0 radical (unpaired) electrons. The molecule has 1 aliphatic carbocycles. The highest BCUT2D eigenvalue weighted by Crippen LogP contribution is 2.49. The summed E-state index contributed by atoms with van der Waals surface area (Å²) in [6, 6.07) is 19.1. The lowest BCUT2D eigenvalue weighted by Crippen LogP contribution is -2.32. The largest absolute Gasteiger partial charge is 0.481 e. The number of urea groups is 1. The van der Waals surface area contributed by atoms with E-state index in [0.717, 1.165) is 24.3 Å². The maximum Gasteiger partial charge on any atom is 0.323 e. The number of anilines is 3. The fraction of sp³-hybridized carbons (Fsp3) is 0.355. The average molecular weight is 518 g/mol. The van der Waals surface area contributed by atoms with Gasteiger partial charge in [0.25, 0.3) is 0 Å². The SMILES string of the molecule is CC(C)CN(CC(C)C)c1ccc([C@H]2C[C@H]2C(=O)O)cc1NC(=O)Nc1cccc(-c2ccccc2F)c1. The van der Waals surface area contributed by atoms with Crippen LogP contribution < -0.4 is 15.5 Å². The lowest BCUT2D eigenvalue weighted by molar-refractivity contribution is -0.138. The molecule has 1 aliphatic rings. The fourth-order valence-corrected chi connectivity index (χ4v) is 4.89. The molecule has 4 rings (SSSR count). The second-order valence-corrected chi connectivity index (χ2v) is 10.9. The number of carboxylic acid groups (broad SMARTS) is 1. The van der Waals surface area contributed by atoms with Gasteiger partial charge in [0.05, 0.1) is 17.3 Å². The van der Waals surface area contributed by atoms with Gasteiger partial charge in [-0.15, -0.1) is 0 Å². The van der Waals surface area contributed by atoms with Crippen LogP contribution in [0.1, 0.15) is 45.6 Å². The van der Waals surface area contributed by atoms with Crippen LogP contribution >= 0.6 is 0 Å². The summed E-state index contributed by atoms with van der Waals surface area (Å²) in [5.74, 6) is -0.725. The van der Waals surface area contributed by atoms with Crippen molar-refractivity contribution in [2.75, 3.05) is 28.6 Å². The smallest absolute Gasteiger partial charge is 0.323 e. The van der Waals surface area contributed by atoms with Crippen LogP contribution in [0.4, 0.5) is 26.2 Å². The molecule has 0 saturated heterocycles. The van der Waals surface area contributed by atoms with E-state index in [9.17, 15) is 19.1 Å². The summed E-state index contributed by atoms with van der Waals surface area (Å²) < 4.78 is 14.3. The summed E-state index contributed by atoms with van der Waals surface area (Å²) in [7, 11) is 0. The van der Waals surface area contributed by atoms with Crippen molar-refractivity contribution >= 4 is 29.1 Å². The molecule has 2 atom stereocenters. The second kappa shape index (κ2) is 11.7. The van der Waals surface area contributed by atoms with Crippen LogP contribution in [-0.4, -0.2) is 30.2 Å². The summed E-state index contributed by atoms with van der Waals surface area (Å²) in [6.45, 7) is 10.3. The minimum Gasteiger partial charge on any atom is -0.481 e. The zero-order chi connectivity index (χ0) is 27.4. The van der Waals surface area contributed by atoms with E-state index in [0.29, 0.717) is 40.8 Å². The van der Waals surface area contributed by atoms with E-state index >= 15 is 0 Å². The molecule has 7 heteroatoms. The summed E-state index contributed by atoms with van der Waals surface area (Å²) in [5, 5.41) is 15.3. The Morgan fingerprint density at radius 1 is 0.947 bits per heavy atom. The third-order valence-corrected chi connectivity index (χ3v) is 6.62. The zero-order valence-corrected chi connectivity index (χ0v) is 22.4. The standard InChI is InChI=1S/C31H36FN3O3/c1-19(2)17-35(18-20(3)4)29-13-12-22(25-16-26(25)30(36)37)15-28(29)34-31(38)33-23-9-7-8-21(14-23)24-10-5-6-11-27(24)32/h5-15,19-20,25-26H,16-18H2,1-4H3,(H,36,37)(H2,33,34,38)/t25-,26-/m1/s1. The van der Waals surface area contributed by atoms with E-state index in [4.69, 9.17) is 0 Å². The van der Waals surface area contributed by atoms with Crippen molar-refractivity contribution < 1.29 is 19.1 Å². The summed E-state index contributed by atoms with van der Waals surface area (Å²) in [5.41, 5.74) is 4.11. The number of benzene rings is 3. The Labute approximate surface area is 223 Å². The quantitative estimate of drug-likeness (QED) is 0.261. The molecule has 0 bridgehead atoms. The van der Waals surface area contributed by atoms with Crippen molar-refractivity contribution in [1.82, 2.24) is 0 Å². The zero-order valence-electron chi connectivity index (χ0n) is 22.4. The van der Waals surface area contributed by atoms with Crippen LogP contribution in [0, 0.1) is 23.6 Å². The third kappa shape index (κ3) is 6.71. The molecule has 6 nitrogen and oxygen atoms in total. The van der Waals surface area contributed by atoms with E-state index in [1.807, 2.05) is 18.2 Å². The molecule has 0 aliphatic heterocycles. The lowest BCUT2D eigenvalue weighted by Gasteiger charge is -2.30. The van der Waals surface area contributed by atoms with Gasteiger partial charge < -0.3 is 20.6 Å². The molecule has 3 aromatic carbocycles. The van der Waals surface area contributed by atoms with Gasteiger partial charge in [-0.1, -0.05) is 64.1 Å². The number of nitrogens with one attached hydrogen (secondary N) is 2. The van der Waals surface area contributed by atoms with Crippen LogP contribution in [0.15, 0.2) is 66.7 Å². The first kappa shape index (κ1) is 27.2. The number of carbonyl (C=O) groups is 2. The maximum absolute atomic E-state index is 14.3. The maximum atomic E-state index is 14.3. The third-order valence-electron chi connectivity index (χ3n) is 6.62. The topological polar surface area (TPSA) is 81.7 Å². The van der Waals surface area contributed by atoms with E-state index < -0.39 is 12.0 Å². The van der Waals surface area contributed by atoms with E-state index in [1.54, 1.807) is 42.5 Å². The molecule has 3 aromatic rings. The van der Waals surface area contributed by atoms with Crippen molar-refractivity contribution in [2.45, 2.75) is 40.0 Å². The molecular weight excluding hydrogens is 481 g/mol. The van der Waals surface area contributed by atoms with E-state index in [-0.39, 0.29) is 17.7 Å². The first-order valence-electron chi connectivity index (χ1n) is 13.2. The molecule has 0 aromatic heterocycles. The van der Waals surface area contributed by atoms with Gasteiger partial charge >= 0.3 is 12.0 Å². The van der Waals surface area contributed by atoms with Gasteiger partial charge in [-0.25, -0.2) is 9.18 Å². The number of halogens is 1. The summed E-state index contributed by atoms with van der Waals surface area (Å²) in [6.07, 6.45) is 0.602. The molecule has 1 fully saturated rings. The van der Waals surface area contributed by atoms with Gasteiger partial charge in [0.1, 0.15) is 5.82 Å². The van der Waals surface area contributed by atoms with Crippen molar-refractivity contribution in [3.63, 3.8) is 0 Å². The van der Waals surface area contributed by atoms with Crippen molar-refractivity contribution in [1.29, 1.82) is 0 Å². The van der Waals surface area contributed by atoms with Gasteiger partial charge in [0, 0.05) is 24.3 Å². The molecule has 1 saturated carbocycles. The number of rotatable bonds is 10. The van der Waals surface area contributed by atoms with Crippen LogP contribution in [0.3, 0.4) is 0 Å². The van der Waals surface area contributed by atoms with Crippen LogP contribution in [0.5, 0.6) is 0 Å². The Kier molecular flexibility index (Phi) is 8.35. The molecule has 0 spiro atoms. The molecular formula is C31H36FN3O3. The Bertz CT molecular complexity index is 1300. The minimum absolute atomic E-state index is 0.0498. The van der Waals surface area contributed by atoms with Crippen LogP contribution in [0.25, 0.3) is 11.1 Å². The van der Waals surface area contributed by atoms with Crippen molar-refractivity contribution in [2.24, 2.45) is 17.8 Å². The molecule has 38 heavy (non-hydrogen) atoms. The minimum atomic E-state index is -0.790. The Morgan fingerprint density at radius 2 is 1.66 bits per heavy atom. The summed E-state index contributed by atoms with van der Waals surface area (Å²) >= 11 is 0. The Hall–Kier alpha value is -3.87. The predicted molar refractivity (Wildman–Crippen MR) is 151 cm³/mol. The van der Waals surface area contributed by atoms with E-state index in [2.05, 4.69) is 43.2 Å². The first-order chi connectivity index (χ1) is 18.1. The van der Waals surface area contributed by atoms with Gasteiger partial charge in [-0.2, -0.15) is 0 Å². The second-order valence-electron chi connectivity index (χ2n) is 10.9. The van der Waals surface area contributed by atoms with Crippen LogP contribution in [0.2, 0.25) is 0 Å². The van der Waals surface area contributed by atoms with Gasteiger partial charge in [-0.05, 0) is 65.6 Å². The molecule has 0 unspecified atom stereocenters. The fourth-order valence-electron chi connectivity index (χ4n) is 4.89. The number of hydrogen-bond donors (Lipinski definition) is 3. The van der Waals surface area contributed by atoms with Gasteiger partial charge in [-0.3, -0.25) is 4.79 Å². The number of nitrogens with zero attached hydrogens (tertiary/aromatic N) is 1.